The van der Waals surface area contributed by atoms with Crippen LogP contribution in [0.5, 0.6) is 11.6 Å². The molecule has 4 aromatic heterocycles. The van der Waals surface area contributed by atoms with E-state index in [0.717, 1.165) is 36.9 Å². The molecule has 1 saturated heterocycles. The molecule has 10 nitrogen and oxygen atoms in total. The minimum atomic E-state index is -4.13. The Morgan fingerprint density at radius 2 is 1.78 bits per heavy atom. The van der Waals surface area contributed by atoms with E-state index in [0.29, 0.717) is 47.7 Å². The summed E-state index contributed by atoms with van der Waals surface area (Å²) in [5.41, 5.74) is 3.17. The summed E-state index contributed by atoms with van der Waals surface area (Å²) in [6.45, 7) is 6.30. The largest absolute Gasteiger partial charge is 0.491 e. The number of benzene rings is 1. The first-order valence-electron chi connectivity index (χ1n) is 13.2. The zero-order chi connectivity index (χ0) is 28.7. The monoisotopic (exact) mass is 579 g/mol. The molecule has 6 rings (SSSR count). The van der Waals surface area contributed by atoms with Crippen LogP contribution in [-0.2, 0) is 21.3 Å². The van der Waals surface area contributed by atoms with Crippen LogP contribution in [0.15, 0.2) is 59.8 Å². The number of aryl methyl sites for hydroxylation is 1. The number of hydrogen-bond donors (Lipinski definition) is 0. The number of fused-ring (bicyclic) bond motifs is 2. The van der Waals surface area contributed by atoms with Crippen LogP contribution in [0.3, 0.4) is 0 Å². The zero-order valence-electron chi connectivity index (χ0n) is 23.0. The second-order valence-electron chi connectivity index (χ2n) is 9.94. The topological polar surface area (TPSA) is 101 Å². The van der Waals surface area contributed by atoms with Gasteiger partial charge in [0.25, 0.3) is 15.9 Å². The lowest BCUT2D eigenvalue weighted by atomic mass is 10.2. The van der Waals surface area contributed by atoms with E-state index in [1.54, 1.807) is 37.4 Å². The highest BCUT2D eigenvalue weighted by molar-refractivity contribution is 7.90. The summed E-state index contributed by atoms with van der Waals surface area (Å²) >= 11 is 0. The molecule has 0 atom stereocenters. The van der Waals surface area contributed by atoms with E-state index in [2.05, 4.69) is 9.88 Å². The van der Waals surface area contributed by atoms with Crippen LogP contribution in [-0.4, -0.2) is 78.9 Å². The zero-order valence-corrected chi connectivity index (χ0v) is 23.8. The molecule has 1 aliphatic rings. The van der Waals surface area contributed by atoms with Gasteiger partial charge in [-0.25, -0.2) is 26.7 Å². The van der Waals surface area contributed by atoms with E-state index >= 15 is 0 Å². The predicted molar refractivity (Wildman–Crippen MR) is 153 cm³/mol. The lowest BCUT2D eigenvalue weighted by Gasteiger charge is -2.26. The van der Waals surface area contributed by atoms with Crippen molar-refractivity contribution in [3.8, 4) is 22.9 Å². The molecule has 0 bridgehead atoms. The second-order valence-corrected chi connectivity index (χ2v) is 11.7. The van der Waals surface area contributed by atoms with E-state index in [1.807, 2.05) is 23.8 Å². The Morgan fingerprint density at radius 1 is 1.02 bits per heavy atom. The maximum absolute atomic E-state index is 14.3. The van der Waals surface area contributed by atoms with E-state index in [9.17, 15) is 12.8 Å². The van der Waals surface area contributed by atoms with Gasteiger partial charge in [-0.05, 0) is 31.2 Å². The van der Waals surface area contributed by atoms with Crippen molar-refractivity contribution in [2.45, 2.75) is 18.4 Å². The van der Waals surface area contributed by atoms with E-state index in [1.165, 1.54) is 17.1 Å². The summed E-state index contributed by atoms with van der Waals surface area (Å²) in [5.74, 6) is 0.153. The number of methoxy groups -OCH3 is 2. The van der Waals surface area contributed by atoms with Gasteiger partial charge in [-0.2, -0.15) is 0 Å². The van der Waals surface area contributed by atoms with Crippen LogP contribution >= 0.6 is 0 Å². The minimum absolute atomic E-state index is 0.0937. The van der Waals surface area contributed by atoms with E-state index < -0.39 is 15.8 Å². The molecule has 0 unspecified atom stereocenters. The molecule has 12 heteroatoms. The van der Waals surface area contributed by atoms with Gasteiger partial charge >= 0.3 is 0 Å². The highest BCUT2D eigenvalue weighted by Crippen LogP contribution is 2.39. The molecular weight excluding hydrogens is 549 g/mol. The van der Waals surface area contributed by atoms with Gasteiger partial charge in [0, 0.05) is 49.4 Å². The van der Waals surface area contributed by atoms with Crippen LogP contribution in [0.25, 0.3) is 33.3 Å². The van der Waals surface area contributed by atoms with Gasteiger partial charge in [0.05, 0.1) is 49.7 Å². The first-order valence-corrected chi connectivity index (χ1v) is 14.7. The Labute approximate surface area is 236 Å². The number of nitrogens with zero attached hydrogens (tertiary/aromatic N) is 5. The quantitative estimate of drug-likeness (QED) is 0.271. The van der Waals surface area contributed by atoms with Crippen molar-refractivity contribution in [3.05, 3.63) is 66.2 Å². The summed E-state index contributed by atoms with van der Waals surface area (Å²) in [6, 6.07) is 11.3. The molecule has 1 fully saturated rings. The number of hydrogen-bond acceptors (Lipinski definition) is 8. The molecule has 5 aromatic rings. The fraction of sp³-hybridized carbons (Fsp3) is 0.310. The number of ether oxygens (including phenoxy) is 3. The number of rotatable bonds is 8. The first kappa shape index (κ1) is 27.2. The highest BCUT2D eigenvalue weighted by atomic mass is 32.2. The van der Waals surface area contributed by atoms with Gasteiger partial charge in [0.2, 0.25) is 0 Å². The maximum Gasteiger partial charge on any atom is 0.269 e. The molecule has 0 radical (unpaired) electrons. The third-order valence-electron chi connectivity index (χ3n) is 7.36. The smallest absolute Gasteiger partial charge is 0.269 e. The van der Waals surface area contributed by atoms with E-state index in [4.69, 9.17) is 19.2 Å². The molecule has 0 aliphatic carbocycles. The summed E-state index contributed by atoms with van der Waals surface area (Å²) in [6.07, 6.45) is 2.90. The third kappa shape index (κ3) is 4.92. The summed E-state index contributed by atoms with van der Waals surface area (Å²) in [7, 11) is -1.09. The molecule has 1 aromatic carbocycles. The summed E-state index contributed by atoms with van der Waals surface area (Å²) in [4.78, 5) is 11.4. The molecule has 214 valence electrons. The Morgan fingerprint density at radius 3 is 2.49 bits per heavy atom. The molecule has 0 N–H and O–H groups in total. The number of aromatic nitrogens is 4. The van der Waals surface area contributed by atoms with E-state index in [-0.39, 0.29) is 16.4 Å². The van der Waals surface area contributed by atoms with Crippen LogP contribution in [0.2, 0.25) is 0 Å². The summed E-state index contributed by atoms with van der Waals surface area (Å²) < 4.78 is 62.3. The van der Waals surface area contributed by atoms with Gasteiger partial charge < -0.3 is 18.8 Å². The van der Waals surface area contributed by atoms with Crippen molar-refractivity contribution in [2.75, 3.05) is 47.1 Å². The van der Waals surface area contributed by atoms with Crippen LogP contribution in [0, 0.1) is 12.7 Å². The van der Waals surface area contributed by atoms with Crippen molar-refractivity contribution in [1.29, 1.82) is 0 Å². The van der Waals surface area contributed by atoms with Crippen molar-refractivity contribution < 1.29 is 27.0 Å². The maximum atomic E-state index is 14.3. The Bertz CT molecular complexity index is 1840. The second kappa shape index (κ2) is 10.8. The Balaban J connectivity index is 1.59. The lowest BCUT2D eigenvalue weighted by molar-refractivity contribution is 0.0365. The molecule has 1 aliphatic heterocycles. The fourth-order valence-corrected chi connectivity index (χ4v) is 6.68. The highest BCUT2D eigenvalue weighted by Gasteiger charge is 2.28. The molecule has 5 heterocycles. The van der Waals surface area contributed by atoms with Gasteiger partial charge in [-0.15, -0.1) is 0 Å². The lowest BCUT2D eigenvalue weighted by Crippen LogP contribution is -2.38. The first-order chi connectivity index (χ1) is 19.8. The Kier molecular flexibility index (Phi) is 7.14. The van der Waals surface area contributed by atoms with Crippen LogP contribution in [0.1, 0.15) is 5.56 Å². The standard InChI is InChI=1S/C29H30FN5O5S/c1-19-4-6-22(7-5-19)41(36,37)35-24(15-20-14-21(30)17-31-28(20)35)23-18-34(9-8-33-10-12-40-13-11-33)25-16-26(38-2)29(39-3)32-27(23)25/h4-7,14-18H,8-13H2,1-3H3. The molecule has 0 amide bonds. The molecule has 0 saturated carbocycles. The van der Waals surface area contributed by atoms with Crippen molar-refractivity contribution in [1.82, 2.24) is 23.4 Å². The van der Waals surface area contributed by atoms with Crippen molar-refractivity contribution >= 4 is 32.1 Å². The van der Waals surface area contributed by atoms with Gasteiger partial charge in [0.15, 0.2) is 11.4 Å². The number of morpholine rings is 1. The normalized spacial score (nSPS) is 14.6. The van der Waals surface area contributed by atoms with Crippen LogP contribution in [0.4, 0.5) is 4.39 Å². The molecule has 0 spiro atoms. The van der Waals surface area contributed by atoms with Crippen molar-refractivity contribution in [3.63, 3.8) is 0 Å². The number of pyridine rings is 2. The molecular formula is C29H30FN5O5S. The SMILES string of the molecule is COc1cc2c(nc1OC)c(-c1cc3cc(F)cnc3n1S(=O)(=O)c1ccc(C)cc1)cn2CCN1CCOCC1. The number of halogens is 1. The van der Waals surface area contributed by atoms with Gasteiger partial charge in [-0.1, -0.05) is 17.7 Å². The van der Waals surface area contributed by atoms with Crippen LogP contribution < -0.4 is 9.47 Å². The van der Waals surface area contributed by atoms with Gasteiger partial charge in [-0.3, -0.25) is 4.90 Å². The average Bonchev–Trinajstić information content (AvgIpc) is 3.53. The van der Waals surface area contributed by atoms with Gasteiger partial charge in [0.1, 0.15) is 11.3 Å². The Hall–Kier alpha value is -4.00. The predicted octanol–water partition coefficient (Wildman–Crippen LogP) is 4.09. The summed E-state index contributed by atoms with van der Waals surface area (Å²) in [5, 5.41) is 0.352. The molecule has 41 heavy (non-hydrogen) atoms. The minimum Gasteiger partial charge on any atom is -0.491 e. The fourth-order valence-electron chi connectivity index (χ4n) is 5.20. The third-order valence-corrected chi connectivity index (χ3v) is 9.08. The average molecular weight is 580 g/mol. The van der Waals surface area contributed by atoms with Crippen molar-refractivity contribution in [2.24, 2.45) is 0 Å².